The number of nitrogens with one attached hydrogen (secondary N) is 1. The molecule has 2 aliphatic carbocycles. The highest BCUT2D eigenvalue weighted by atomic mass is 19.1. The number of hydrogen-bond donors (Lipinski definition) is 2. The van der Waals surface area contributed by atoms with Crippen LogP contribution in [-0.4, -0.2) is 59.0 Å². The molecule has 2 aromatic rings. The highest BCUT2D eigenvalue weighted by Gasteiger charge is 2.33. The van der Waals surface area contributed by atoms with Crippen LogP contribution in [0.4, 0.5) is 10.1 Å². The summed E-state index contributed by atoms with van der Waals surface area (Å²) >= 11 is 0. The number of aldehydes is 1. The maximum Gasteiger partial charge on any atom is 0.247 e. The van der Waals surface area contributed by atoms with Crippen molar-refractivity contribution in [2.45, 2.75) is 82.0 Å². The summed E-state index contributed by atoms with van der Waals surface area (Å²) in [5.41, 5.74) is 2.74. The minimum absolute atomic E-state index is 0.0609. The monoisotopic (exact) mass is 547 g/mol. The standard InChI is InChI=1S/C25H30FN3O.C6H8N2O2/c1-25(2)12-11-17-14-20(15-21(26)22(17)25)29(3)23(18-8-7-13-27-16-18)24(30)28-19-9-5-4-6-10-19;7-4-8-2-6(10)1-5(8)3-9/h7-8,11-16,19,23H,4-6,9-10H2,1-3H3,(H,28,30);3,5-6,10H,1-2H2. The first-order valence-corrected chi connectivity index (χ1v) is 13.9. The molecular weight excluding hydrogens is 509 g/mol. The molecule has 0 spiro atoms. The van der Waals surface area contributed by atoms with Gasteiger partial charge in [-0.15, -0.1) is 0 Å². The van der Waals surface area contributed by atoms with E-state index in [2.05, 4.69) is 10.3 Å². The number of carbonyl (C=O) groups is 2. The number of likely N-dealkylation sites (tertiary alicyclic amines) is 1. The van der Waals surface area contributed by atoms with Crippen molar-refractivity contribution in [1.82, 2.24) is 15.2 Å². The minimum atomic E-state index is -0.573. The molecule has 0 bridgehead atoms. The first-order valence-electron chi connectivity index (χ1n) is 13.9. The van der Waals surface area contributed by atoms with Crippen molar-refractivity contribution in [2.24, 2.45) is 0 Å². The SMILES string of the molecule is CN(c1cc(F)c2c(c1)C=CC2(C)C)C(C(=O)NC1CCCCC1)c1cccnc1.N#CN1CC(O)CC1C=O. The molecule has 3 atom stereocenters. The highest BCUT2D eigenvalue weighted by molar-refractivity contribution is 5.87. The van der Waals surface area contributed by atoms with Crippen LogP contribution >= 0.6 is 0 Å². The van der Waals surface area contributed by atoms with Gasteiger partial charge in [-0.05, 0) is 36.6 Å². The van der Waals surface area contributed by atoms with Crippen LogP contribution in [0.1, 0.15) is 75.1 Å². The van der Waals surface area contributed by atoms with Crippen LogP contribution in [-0.2, 0) is 15.0 Å². The molecule has 2 fully saturated rings. The number of nitrogens with zero attached hydrogens (tertiary/aromatic N) is 4. The minimum Gasteiger partial charge on any atom is -0.391 e. The van der Waals surface area contributed by atoms with Crippen molar-refractivity contribution >= 4 is 24.0 Å². The number of rotatable bonds is 6. The van der Waals surface area contributed by atoms with Gasteiger partial charge in [0.15, 0.2) is 6.19 Å². The van der Waals surface area contributed by atoms with E-state index in [1.807, 2.05) is 62.3 Å². The number of aromatic nitrogens is 1. The van der Waals surface area contributed by atoms with Gasteiger partial charge < -0.3 is 20.1 Å². The molecule has 1 amide bonds. The zero-order chi connectivity index (χ0) is 28.9. The summed E-state index contributed by atoms with van der Waals surface area (Å²) in [4.78, 5) is 30.9. The number of benzene rings is 1. The van der Waals surface area contributed by atoms with Crippen LogP contribution in [0.5, 0.6) is 0 Å². The number of aliphatic hydroxyl groups is 1. The van der Waals surface area contributed by atoms with Gasteiger partial charge in [-0.2, -0.15) is 5.26 Å². The second kappa shape index (κ2) is 12.6. The fourth-order valence-electron chi connectivity index (χ4n) is 5.86. The Morgan fingerprint density at radius 1 is 1.32 bits per heavy atom. The van der Waals surface area contributed by atoms with Gasteiger partial charge in [-0.25, -0.2) is 4.39 Å². The van der Waals surface area contributed by atoms with Gasteiger partial charge in [0.1, 0.15) is 18.1 Å². The van der Waals surface area contributed by atoms with Gasteiger partial charge in [-0.1, -0.05) is 51.3 Å². The fourth-order valence-corrected chi connectivity index (χ4v) is 5.86. The van der Waals surface area contributed by atoms with Crippen molar-refractivity contribution in [3.8, 4) is 6.19 Å². The number of halogens is 1. The largest absolute Gasteiger partial charge is 0.391 e. The molecule has 1 saturated heterocycles. The molecule has 1 aromatic carbocycles. The van der Waals surface area contributed by atoms with E-state index in [1.165, 1.54) is 11.3 Å². The Morgan fingerprint density at radius 2 is 2.08 bits per heavy atom. The molecule has 40 heavy (non-hydrogen) atoms. The van der Waals surface area contributed by atoms with Crippen molar-refractivity contribution in [1.29, 1.82) is 5.26 Å². The third-order valence-corrected chi connectivity index (χ3v) is 8.03. The number of anilines is 1. The van der Waals surface area contributed by atoms with E-state index >= 15 is 4.39 Å². The Balaban J connectivity index is 0.000000312. The Bertz CT molecular complexity index is 1270. The van der Waals surface area contributed by atoms with Gasteiger partial charge in [0, 0.05) is 54.1 Å². The molecular formula is C31H38FN5O3. The second-order valence-electron chi connectivity index (χ2n) is 11.4. The molecule has 3 aliphatic rings. The molecule has 212 valence electrons. The lowest BCUT2D eigenvalue weighted by Gasteiger charge is -2.32. The number of aliphatic hydroxyl groups excluding tert-OH is 1. The number of hydrogen-bond acceptors (Lipinski definition) is 7. The number of carbonyl (C=O) groups excluding carboxylic acids is 2. The van der Waals surface area contributed by atoms with Gasteiger partial charge >= 0.3 is 0 Å². The van der Waals surface area contributed by atoms with Crippen LogP contribution in [0.25, 0.3) is 6.08 Å². The van der Waals surface area contributed by atoms with Crippen LogP contribution in [0.2, 0.25) is 0 Å². The lowest BCUT2D eigenvalue weighted by Crippen LogP contribution is -2.44. The number of allylic oxidation sites excluding steroid dienone is 1. The van der Waals surface area contributed by atoms with Crippen LogP contribution in [0.15, 0.2) is 42.7 Å². The number of β-amino-alcohol motifs (C(OH)–C–C–N with tert-alkyl or cyclic N) is 1. The molecule has 1 aliphatic heterocycles. The summed E-state index contributed by atoms with van der Waals surface area (Å²) in [7, 11) is 1.85. The van der Waals surface area contributed by atoms with E-state index in [-0.39, 0.29) is 23.2 Å². The molecule has 3 unspecified atom stereocenters. The smallest absolute Gasteiger partial charge is 0.247 e. The Morgan fingerprint density at radius 3 is 2.70 bits per heavy atom. The van der Waals surface area contributed by atoms with E-state index in [9.17, 15) is 9.59 Å². The van der Waals surface area contributed by atoms with Gasteiger partial charge in [0.2, 0.25) is 5.91 Å². The van der Waals surface area contributed by atoms with Gasteiger partial charge in [0.05, 0.1) is 18.7 Å². The van der Waals surface area contributed by atoms with Crippen LogP contribution < -0.4 is 10.2 Å². The molecule has 2 N–H and O–H groups in total. The van der Waals surface area contributed by atoms with Gasteiger partial charge in [-0.3, -0.25) is 14.7 Å². The molecule has 1 aromatic heterocycles. The Labute approximate surface area is 235 Å². The van der Waals surface area contributed by atoms with E-state index in [0.717, 1.165) is 36.8 Å². The topological polar surface area (TPSA) is 110 Å². The Hall–Kier alpha value is -3.77. The van der Waals surface area contributed by atoms with Crippen molar-refractivity contribution in [2.75, 3.05) is 18.5 Å². The first-order chi connectivity index (χ1) is 19.1. The molecule has 9 heteroatoms. The number of pyridine rings is 1. The summed E-state index contributed by atoms with van der Waals surface area (Å²) in [6.07, 6.45) is 15.4. The summed E-state index contributed by atoms with van der Waals surface area (Å²) in [6.45, 7) is 4.32. The highest BCUT2D eigenvalue weighted by Crippen LogP contribution is 2.40. The van der Waals surface area contributed by atoms with E-state index in [1.54, 1.807) is 18.5 Å². The zero-order valence-electron chi connectivity index (χ0n) is 23.4. The molecule has 2 heterocycles. The number of amides is 1. The van der Waals surface area contributed by atoms with Crippen molar-refractivity contribution < 1.29 is 19.1 Å². The van der Waals surface area contributed by atoms with Crippen molar-refractivity contribution in [3.05, 3.63) is 65.2 Å². The second-order valence-corrected chi connectivity index (χ2v) is 11.4. The summed E-state index contributed by atoms with van der Waals surface area (Å²) < 4.78 is 15.1. The Kier molecular flexibility index (Phi) is 9.21. The lowest BCUT2D eigenvalue weighted by atomic mass is 9.86. The normalized spacial score (nSPS) is 21.9. The zero-order valence-corrected chi connectivity index (χ0v) is 23.4. The van der Waals surface area contributed by atoms with E-state index in [4.69, 9.17) is 10.4 Å². The lowest BCUT2D eigenvalue weighted by molar-refractivity contribution is -0.123. The predicted molar refractivity (Wildman–Crippen MR) is 152 cm³/mol. The quantitative estimate of drug-likeness (QED) is 0.411. The predicted octanol–water partition coefficient (Wildman–Crippen LogP) is 4.25. The van der Waals surface area contributed by atoms with Gasteiger partial charge in [0.25, 0.3) is 0 Å². The summed E-state index contributed by atoms with van der Waals surface area (Å²) in [6, 6.07) is 6.49. The third kappa shape index (κ3) is 6.50. The average Bonchev–Trinajstić information content (AvgIpc) is 3.48. The van der Waals surface area contributed by atoms with Crippen molar-refractivity contribution in [3.63, 3.8) is 0 Å². The molecule has 1 saturated carbocycles. The number of nitriles is 1. The summed E-state index contributed by atoms with van der Waals surface area (Å²) in [5.74, 6) is -0.295. The maximum atomic E-state index is 15.1. The number of fused-ring (bicyclic) bond motifs is 1. The van der Waals surface area contributed by atoms with E-state index < -0.39 is 18.2 Å². The third-order valence-electron chi connectivity index (χ3n) is 8.03. The molecule has 0 radical (unpaired) electrons. The molecule has 5 rings (SSSR count). The number of likely N-dealkylation sites (N-methyl/N-ethyl adjacent to an activating group) is 1. The van der Waals surface area contributed by atoms with Crippen LogP contribution in [0, 0.1) is 17.3 Å². The van der Waals surface area contributed by atoms with Crippen LogP contribution in [0.3, 0.4) is 0 Å². The van der Waals surface area contributed by atoms with E-state index in [0.29, 0.717) is 30.5 Å². The first kappa shape index (κ1) is 29.2. The maximum absolute atomic E-state index is 15.1. The molecule has 8 nitrogen and oxygen atoms in total. The average molecular weight is 548 g/mol. The summed E-state index contributed by atoms with van der Waals surface area (Å²) in [5, 5.41) is 20.6. The fraction of sp³-hybridized carbons (Fsp3) is 0.484.